The molecule has 0 aromatic carbocycles. The Morgan fingerprint density at radius 1 is 1.53 bits per heavy atom. The number of nitrogens with one attached hydrogen (secondary N) is 1. The van der Waals surface area contributed by atoms with Crippen molar-refractivity contribution >= 4 is 17.7 Å². The van der Waals surface area contributed by atoms with Gasteiger partial charge in [-0.2, -0.15) is 11.8 Å². The Bertz CT molecular complexity index is 219. The van der Waals surface area contributed by atoms with E-state index in [1.54, 1.807) is 6.92 Å². The Labute approximate surface area is 94.4 Å². The number of thioether (sulfide) groups is 1. The van der Waals surface area contributed by atoms with Gasteiger partial charge in [0.2, 0.25) is 0 Å². The van der Waals surface area contributed by atoms with E-state index in [0.717, 1.165) is 12.8 Å². The molecule has 0 amide bonds. The van der Waals surface area contributed by atoms with Crippen LogP contribution in [0, 0.1) is 0 Å². The first-order chi connectivity index (χ1) is 7.00. The average molecular weight is 233 g/mol. The Hall–Kier alpha value is -0.260. The zero-order chi connectivity index (χ0) is 11.4. The third kappa shape index (κ3) is 4.86. The second kappa shape index (κ2) is 5.72. The summed E-state index contributed by atoms with van der Waals surface area (Å²) in [4.78, 5) is 10.9. The summed E-state index contributed by atoms with van der Waals surface area (Å²) in [7, 11) is 0. The highest BCUT2D eigenvalue weighted by molar-refractivity contribution is 8.00. The number of aliphatic hydroxyl groups is 1. The Morgan fingerprint density at radius 3 is 2.53 bits per heavy atom. The van der Waals surface area contributed by atoms with Crippen LogP contribution in [0.1, 0.15) is 26.7 Å². The fraction of sp³-hybridized carbons (Fsp3) is 0.900. The van der Waals surface area contributed by atoms with Crippen LogP contribution < -0.4 is 5.32 Å². The van der Waals surface area contributed by atoms with Crippen molar-refractivity contribution < 1.29 is 15.0 Å². The molecular formula is C10H19NO3S. The van der Waals surface area contributed by atoms with Crippen molar-refractivity contribution in [3.8, 4) is 0 Å². The molecule has 0 radical (unpaired) electrons. The molecule has 88 valence electrons. The molecule has 1 fully saturated rings. The van der Waals surface area contributed by atoms with Crippen LogP contribution in [0.4, 0.5) is 0 Å². The SMILES string of the molecule is CC(O)C(C)SCC(NC1CC1)C(=O)O. The number of hydrogen-bond donors (Lipinski definition) is 3. The Kier molecular flexibility index (Phi) is 4.89. The minimum Gasteiger partial charge on any atom is -0.480 e. The van der Waals surface area contributed by atoms with Gasteiger partial charge in [0.15, 0.2) is 0 Å². The van der Waals surface area contributed by atoms with E-state index >= 15 is 0 Å². The summed E-state index contributed by atoms with van der Waals surface area (Å²) in [6, 6.07) is -0.0859. The van der Waals surface area contributed by atoms with Crippen LogP contribution in [-0.4, -0.2) is 45.4 Å². The van der Waals surface area contributed by atoms with E-state index in [-0.39, 0.29) is 5.25 Å². The lowest BCUT2D eigenvalue weighted by molar-refractivity contribution is -0.138. The van der Waals surface area contributed by atoms with E-state index in [1.807, 2.05) is 6.92 Å². The molecule has 4 nitrogen and oxygen atoms in total. The van der Waals surface area contributed by atoms with Gasteiger partial charge >= 0.3 is 5.97 Å². The number of carbonyl (C=O) groups is 1. The van der Waals surface area contributed by atoms with Gasteiger partial charge in [0.05, 0.1) is 6.10 Å². The maximum absolute atomic E-state index is 10.9. The minimum absolute atomic E-state index is 0.0767. The molecule has 3 unspecified atom stereocenters. The quantitative estimate of drug-likeness (QED) is 0.604. The molecule has 0 aromatic rings. The molecule has 15 heavy (non-hydrogen) atoms. The number of aliphatic carboxylic acids is 1. The monoisotopic (exact) mass is 233 g/mol. The van der Waals surface area contributed by atoms with E-state index in [4.69, 9.17) is 5.11 Å². The van der Waals surface area contributed by atoms with Crippen LogP contribution in [-0.2, 0) is 4.79 Å². The van der Waals surface area contributed by atoms with Crippen molar-refractivity contribution in [2.45, 2.75) is 50.1 Å². The van der Waals surface area contributed by atoms with Crippen molar-refractivity contribution in [1.82, 2.24) is 5.32 Å². The van der Waals surface area contributed by atoms with Crippen molar-refractivity contribution in [3.63, 3.8) is 0 Å². The largest absolute Gasteiger partial charge is 0.480 e. The summed E-state index contributed by atoms with van der Waals surface area (Å²) in [5.74, 6) is -0.287. The van der Waals surface area contributed by atoms with Gasteiger partial charge in [0.1, 0.15) is 6.04 Å². The predicted octanol–water partition coefficient (Wildman–Crippen LogP) is 0.694. The highest BCUT2D eigenvalue weighted by Crippen LogP contribution is 2.21. The molecule has 3 N–H and O–H groups in total. The van der Waals surface area contributed by atoms with Gasteiger partial charge in [-0.25, -0.2) is 0 Å². The van der Waals surface area contributed by atoms with E-state index in [0.29, 0.717) is 11.8 Å². The van der Waals surface area contributed by atoms with Crippen LogP contribution in [0.25, 0.3) is 0 Å². The second-order valence-corrected chi connectivity index (χ2v) is 5.52. The van der Waals surface area contributed by atoms with Crippen LogP contribution in [0.3, 0.4) is 0 Å². The van der Waals surface area contributed by atoms with Gasteiger partial charge in [-0.3, -0.25) is 4.79 Å². The molecular weight excluding hydrogens is 214 g/mol. The molecule has 0 bridgehead atoms. The van der Waals surface area contributed by atoms with Crippen molar-refractivity contribution in [3.05, 3.63) is 0 Å². The molecule has 1 aliphatic rings. The summed E-state index contributed by atoms with van der Waals surface area (Å²) in [5, 5.41) is 21.4. The van der Waals surface area contributed by atoms with Crippen LogP contribution in [0.5, 0.6) is 0 Å². The number of hydrogen-bond acceptors (Lipinski definition) is 4. The number of aliphatic hydroxyl groups excluding tert-OH is 1. The summed E-state index contributed by atoms with van der Waals surface area (Å²) in [5.41, 5.74) is 0. The average Bonchev–Trinajstić information content (AvgIpc) is 2.94. The van der Waals surface area contributed by atoms with Crippen LogP contribution in [0.2, 0.25) is 0 Å². The van der Waals surface area contributed by atoms with Gasteiger partial charge in [-0.05, 0) is 19.8 Å². The molecule has 0 heterocycles. The van der Waals surface area contributed by atoms with Crippen molar-refractivity contribution in [1.29, 1.82) is 0 Å². The molecule has 1 rings (SSSR count). The Morgan fingerprint density at radius 2 is 2.13 bits per heavy atom. The predicted molar refractivity (Wildman–Crippen MR) is 61.2 cm³/mol. The first kappa shape index (κ1) is 12.8. The summed E-state index contributed by atoms with van der Waals surface area (Å²) in [6.07, 6.45) is 1.77. The lowest BCUT2D eigenvalue weighted by Gasteiger charge is -2.18. The van der Waals surface area contributed by atoms with Crippen LogP contribution >= 0.6 is 11.8 Å². The van der Waals surface area contributed by atoms with Gasteiger partial charge in [0, 0.05) is 17.0 Å². The smallest absolute Gasteiger partial charge is 0.321 e. The minimum atomic E-state index is -0.799. The summed E-state index contributed by atoms with van der Waals surface area (Å²) >= 11 is 1.50. The standard InChI is InChI=1S/C10H19NO3S/c1-6(12)7(2)15-5-9(10(13)14)11-8-3-4-8/h6-9,11-12H,3-5H2,1-2H3,(H,13,14). The van der Waals surface area contributed by atoms with Gasteiger partial charge in [-0.15, -0.1) is 0 Å². The zero-order valence-electron chi connectivity index (χ0n) is 9.14. The molecule has 1 aliphatic carbocycles. The highest BCUT2D eigenvalue weighted by atomic mass is 32.2. The molecule has 3 atom stereocenters. The van der Waals surface area contributed by atoms with Gasteiger partial charge in [0.25, 0.3) is 0 Å². The summed E-state index contributed by atoms with van der Waals surface area (Å²) < 4.78 is 0. The lowest BCUT2D eigenvalue weighted by Crippen LogP contribution is -2.40. The van der Waals surface area contributed by atoms with Gasteiger partial charge < -0.3 is 15.5 Å². The van der Waals surface area contributed by atoms with E-state index < -0.39 is 18.1 Å². The van der Waals surface area contributed by atoms with Crippen molar-refractivity contribution in [2.75, 3.05) is 5.75 Å². The van der Waals surface area contributed by atoms with E-state index in [9.17, 15) is 9.90 Å². The Balaban J connectivity index is 2.27. The topological polar surface area (TPSA) is 69.6 Å². The molecule has 0 aromatic heterocycles. The van der Waals surface area contributed by atoms with Crippen molar-refractivity contribution in [2.24, 2.45) is 0 Å². The molecule has 1 saturated carbocycles. The maximum atomic E-state index is 10.9. The molecule has 0 aliphatic heterocycles. The fourth-order valence-corrected chi connectivity index (χ4v) is 2.13. The van der Waals surface area contributed by atoms with Crippen LogP contribution in [0.15, 0.2) is 0 Å². The second-order valence-electron chi connectivity index (χ2n) is 4.11. The zero-order valence-corrected chi connectivity index (χ0v) is 9.96. The third-order valence-electron chi connectivity index (χ3n) is 2.52. The molecule has 0 spiro atoms. The number of rotatable bonds is 7. The fourth-order valence-electron chi connectivity index (χ4n) is 1.11. The third-order valence-corrected chi connectivity index (χ3v) is 3.96. The molecule has 5 heteroatoms. The molecule has 0 saturated heterocycles. The summed E-state index contributed by atoms with van der Waals surface area (Å²) in [6.45, 7) is 3.63. The normalized spacial score (nSPS) is 22.1. The lowest BCUT2D eigenvalue weighted by atomic mass is 10.3. The highest BCUT2D eigenvalue weighted by Gasteiger charge is 2.28. The van der Waals surface area contributed by atoms with E-state index in [1.165, 1.54) is 11.8 Å². The number of carboxylic acid groups (broad SMARTS) is 1. The first-order valence-corrected chi connectivity index (χ1v) is 6.34. The van der Waals surface area contributed by atoms with Gasteiger partial charge in [-0.1, -0.05) is 6.92 Å². The maximum Gasteiger partial charge on any atom is 0.321 e. The first-order valence-electron chi connectivity index (χ1n) is 5.29. The van der Waals surface area contributed by atoms with E-state index in [2.05, 4.69) is 5.32 Å². The number of carboxylic acids is 1.